The lowest BCUT2D eigenvalue weighted by Crippen LogP contribution is -2.56. The highest BCUT2D eigenvalue weighted by Gasteiger charge is 2.30. The molecule has 0 spiro atoms. The molecule has 1 saturated carbocycles. The number of nitrogens with zero attached hydrogens (tertiary/aromatic N) is 4. The number of aryl methyl sites for hydroxylation is 2. The molecule has 2 aromatic carbocycles. The molecule has 2 saturated heterocycles. The Hall–Kier alpha value is -2.37. The SMILES string of the molecule is Cc1ccc(-c2ccc(N3CCN(CC(=O)N4CCN(C5CCC5)CC4)CC3)cc2)cc1C. The summed E-state index contributed by atoms with van der Waals surface area (Å²) in [6.45, 7) is 12.7. The predicted octanol–water partition coefficient (Wildman–Crippen LogP) is 3.79. The number of anilines is 1. The molecule has 0 aromatic heterocycles. The third kappa shape index (κ3) is 5.10. The van der Waals surface area contributed by atoms with Crippen LogP contribution in [0.2, 0.25) is 0 Å². The molecule has 5 rings (SSSR count). The van der Waals surface area contributed by atoms with E-state index < -0.39 is 0 Å². The van der Waals surface area contributed by atoms with Gasteiger partial charge in [-0.1, -0.05) is 36.8 Å². The number of piperazine rings is 2. The van der Waals surface area contributed by atoms with E-state index in [1.54, 1.807) is 0 Å². The molecule has 2 heterocycles. The van der Waals surface area contributed by atoms with E-state index in [-0.39, 0.29) is 0 Å². The van der Waals surface area contributed by atoms with Gasteiger partial charge in [0.1, 0.15) is 0 Å². The normalized spacial score (nSPS) is 20.7. The van der Waals surface area contributed by atoms with E-state index in [0.29, 0.717) is 12.5 Å². The average molecular weight is 447 g/mol. The van der Waals surface area contributed by atoms with Crippen molar-refractivity contribution in [3.05, 3.63) is 53.6 Å². The second-order valence-corrected chi connectivity index (χ2v) is 10.1. The van der Waals surface area contributed by atoms with Crippen molar-refractivity contribution in [2.24, 2.45) is 0 Å². The summed E-state index contributed by atoms with van der Waals surface area (Å²) in [5.41, 5.74) is 6.50. The highest BCUT2D eigenvalue weighted by Crippen LogP contribution is 2.27. The topological polar surface area (TPSA) is 30.0 Å². The van der Waals surface area contributed by atoms with Crippen LogP contribution < -0.4 is 4.90 Å². The second-order valence-electron chi connectivity index (χ2n) is 10.1. The Morgan fingerprint density at radius 3 is 2.06 bits per heavy atom. The van der Waals surface area contributed by atoms with Gasteiger partial charge in [0.15, 0.2) is 0 Å². The fourth-order valence-corrected chi connectivity index (χ4v) is 5.33. The van der Waals surface area contributed by atoms with E-state index >= 15 is 0 Å². The van der Waals surface area contributed by atoms with Crippen LogP contribution in [-0.4, -0.2) is 85.6 Å². The zero-order valence-electron chi connectivity index (χ0n) is 20.3. The summed E-state index contributed by atoms with van der Waals surface area (Å²) in [4.78, 5) is 22.3. The molecule has 0 unspecified atom stereocenters. The summed E-state index contributed by atoms with van der Waals surface area (Å²) in [7, 11) is 0. The minimum Gasteiger partial charge on any atom is -0.369 e. The number of benzene rings is 2. The van der Waals surface area contributed by atoms with Crippen molar-refractivity contribution in [2.45, 2.75) is 39.2 Å². The summed E-state index contributed by atoms with van der Waals surface area (Å²) in [5.74, 6) is 0.314. The van der Waals surface area contributed by atoms with Crippen LogP contribution in [0.15, 0.2) is 42.5 Å². The largest absolute Gasteiger partial charge is 0.369 e. The zero-order valence-corrected chi connectivity index (χ0v) is 20.3. The maximum atomic E-state index is 12.8. The van der Waals surface area contributed by atoms with Crippen LogP contribution in [0.3, 0.4) is 0 Å². The predicted molar refractivity (Wildman–Crippen MR) is 136 cm³/mol. The van der Waals surface area contributed by atoms with Crippen LogP contribution in [0.5, 0.6) is 0 Å². The number of carbonyl (C=O) groups is 1. The van der Waals surface area contributed by atoms with Crippen LogP contribution in [0, 0.1) is 13.8 Å². The first-order valence-corrected chi connectivity index (χ1v) is 12.7. The fraction of sp³-hybridized carbons (Fsp3) is 0.536. The van der Waals surface area contributed by atoms with E-state index in [1.807, 2.05) is 0 Å². The lowest BCUT2D eigenvalue weighted by Gasteiger charge is -2.43. The summed E-state index contributed by atoms with van der Waals surface area (Å²) in [6, 6.07) is 16.4. The van der Waals surface area contributed by atoms with Crippen LogP contribution in [0.4, 0.5) is 5.69 Å². The van der Waals surface area contributed by atoms with Gasteiger partial charge in [-0.25, -0.2) is 0 Å². The maximum absolute atomic E-state index is 12.8. The molecule has 1 amide bonds. The molecule has 2 aromatic rings. The molecule has 5 heteroatoms. The first-order chi connectivity index (χ1) is 16.1. The Kier molecular flexibility index (Phi) is 6.70. The zero-order chi connectivity index (χ0) is 22.8. The summed E-state index contributed by atoms with van der Waals surface area (Å²) in [5, 5.41) is 0. The highest BCUT2D eigenvalue weighted by molar-refractivity contribution is 5.78. The number of amides is 1. The van der Waals surface area contributed by atoms with Gasteiger partial charge in [-0.05, 0) is 61.1 Å². The van der Waals surface area contributed by atoms with E-state index in [4.69, 9.17) is 0 Å². The summed E-state index contributed by atoms with van der Waals surface area (Å²) >= 11 is 0. The standard InChI is InChI=1S/C28H38N4O/c1-22-6-7-25(20-23(22)2)24-8-10-27(11-9-24)30-14-12-29(13-15-30)21-28(33)32-18-16-31(17-19-32)26-4-3-5-26/h6-11,20,26H,3-5,12-19,21H2,1-2H3. The average Bonchev–Trinajstić information content (AvgIpc) is 2.81. The van der Waals surface area contributed by atoms with Gasteiger partial charge in [0, 0.05) is 64.1 Å². The maximum Gasteiger partial charge on any atom is 0.236 e. The molecule has 2 aliphatic heterocycles. The van der Waals surface area contributed by atoms with Gasteiger partial charge in [0.2, 0.25) is 5.91 Å². The molecule has 5 nitrogen and oxygen atoms in total. The van der Waals surface area contributed by atoms with Crippen LogP contribution in [0.25, 0.3) is 11.1 Å². The van der Waals surface area contributed by atoms with Gasteiger partial charge in [0.25, 0.3) is 0 Å². The smallest absolute Gasteiger partial charge is 0.236 e. The number of carbonyl (C=O) groups excluding carboxylic acids is 1. The third-order valence-corrected chi connectivity index (χ3v) is 8.06. The van der Waals surface area contributed by atoms with Crippen molar-refractivity contribution in [3.8, 4) is 11.1 Å². The van der Waals surface area contributed by atoms with Crippen molar-refractivity contribution >= 4 is 11.6 Å². The van der Waals surface area contributed by atoms with Crippen LogP contribution >= 0.6 is 0 Å². The molecule has 3 aliphatic rings. The van der Waals surface area contributed by atoms with Crippen molar-refractivity contribution in [3.63, 3.8) is 0 Å². The van der Waals surface area contributed by atoms with Crippen molar-refractivity contribution in [2.75, 3.05) is 63.8 Å². The first kappa shape index (κ1) is 22.4. The Bertz CT molecular complexity index is 952. The van der Waals surface area contributed by atoms with Gasteiger partial charge in [-0.3, -0.25) is 14.6 Å². The molecule has 176 valence electrons. The Morgan fingerprint density at radius 2 is 1.45 bits per heavy atom. The Morgan fingerprint density at radius 1 is 0.788 bits per heavy atom. The lowest BCUT2D eigenvalue weighted by molar-refractivity contribution is -0.134. The van der Waals surface area contributed by atoms with Gasteiger partial charge < -0.3 is 9.80 Å². The van der Waals surface area contributed by atoms with E-state index in [0.717, 1.165) is 58.4 Å². The minimum atomic E-state index is 0.314. The third-order valence-electron chi connectivity index (χ3n) is 8.06. The van der Waals surface area contributed by atoms with Crippen LogP contribution in [0.1, 0.15) is 30.4 Å². The summed E-state index contributed by atoms with van der Waals surface area (Å²) in [6.07, 6.45) is 4.09. The van der Waals surface area contributed by atoms with Gasteiger partial charge in [0.05, 0.1) is 6.54 Å². The molecular formula is C28H38N4O. The molecule has 0 bridgehead atoms. The molecule has 3 fully saturated rings. The monoisotopic (exact) mass is 446 g/mol. The molecule has 0 radical (unpaired) electrons. The highest BCUT2D eigenvalue weighted by atomic mass is 16.2. The molecule has 1 aliphatic carbocycles. The summed E-state index contributed by atoms with van der Waals surface area (Å²) < 4.78 is 0. The second kappa shape index (κ2) is 9.86. The lowest BCUT2D eigenvalue weighted by atomic mass is 9.91. The van der Waals surface area contributed by atoms with Crippen LogP contribution in [-0.2, 0) is 4.79 Å². The Labute approximate surface area is 199 Å². The van der Waals surface area contributed by atoms with Gasteiger partial charge >= 0.3 is 0 Å². The van der Waals surface area contributed by atoms with Gasteiger partial charge in [-0.2, -0.15) is 0 Å². The van der Waals surface area contributed by atoms with E-state index in [9.17, 15) is 4.79 Å². The van der Waals surface area contributed by atoms with Crippen molar-refractivity contribution < 1.29 is 4.79 Å². The number of hydrogen-bond donors (Lipinski definition) is 0. The number of rotatable bonds is 5. The molecular weight excluding hydrogens is 408 g/mol. The van der Waals surface area contributed by atoms with E-state index in [1.165, 1.54) is 47.2 Å². The number of hydrogen-bond acceptors (Lipinski definition) is 4. The molecule has 0 N–H and O–H groups in total. The first-order valence-electron chi connectivity index (χ1n) is 12.7. The molecule has 33 heavy (non-hydrogen) atoms. The molecule has 0 atom stereocenters. The van der Waals surface area contributed by atoms with Crippen molar-refractivity contribution in [1.82, 2.24) is 14.7 Å². The van der Waals surface area contributed by atoms with Gasteiger partial charge in [-0.15, -0.1) is 0 Å². The fourth-order valence-electron chi connectivity index (χ4n) is 5.33. The minimum absolute atomic E-state index is 0.314. The Balaban J connectivity index is 1.09. The quantitative estimate of drug-likeness (QED) is 0.699. The van der Waals surface area contributed by atoms with E-state index in [2.05, 4.69) is 75.9 Å². The van der Waals surface area contributed by atoms with Crippen molar-refractivity contribution in [1.29, 1.82) is 0 Å².